The molecule has 0 radical (unpaired) electrons. The van der Waals surface area contributed by atoms with E-state index in [1.807, 2.05) is 0 Å². The summed E-state index contributed by atoms with van der Waals surface area (Å²) < 4.78 is 0. The third-order valence-electron chi connectivity index (χ3n) is 3.54. The molecule has 0 aromatic heterocycles. The van der Waals surface area contributed by atoms with Crippen molar-refractivity contribution in [2.75, 3.05) is 6.54 Å². The fraction of sp³-hybridized carbons (Fsp3) is 0.500. The second-order valence-electron chi connectivity index (χ2n) is 5.04. The molecular weight excluding hydrogens is 230 g/mol. The average Bonchev–Trinajstić information content (AvgIpc) is 2.75. The first-order chi connectivity index (χ1) is 8.56. The van der Waals surface area contributed by atoms with Gasteiger partial charge in [0.25, 0.3) is 5.91 Å². The van der Waals surface area contributed by atoms with E-state index in [-0.39, 0.29) is 17.8 Å². The highest BCUT2D eigenvalue weighted by molar-refractivity contribution is 5.94. The fourth-order valence-electron chi connectivity index (χ4n) is 2.32. The first-order valence-electron chi connectivity index (χ1n) is 6.32. The number of carbonyl (C=O) groups excluding carboxylic acids is 1. The van der Waals surface area contributed by atoms with Crippen molar-refractivity contribution in [3.8, 4) is 5.75 Å². The molecule has 1 aliphatic rings. The van der Waals surface area contributed by atoms with Crippen molar-refractivity contribution in [3.63, 3.8) is 0 Å². The van der Waals surface area contributed by atoms with E-state index in [9.17, 15) is 15.0 Å². The summed E-state index contributed by atoms with van der Waals surface area (Å²) >= 11 is 0. The molecule has 98 valence electrons. The molecule has 1 saturated carbocycles. The number of carbonyl (C=O) groups is 1. The van der Waals surface area contributed by atoms with Crippen LogP contribution in [0.25, 0.3) is 0 Å². The van der Waals surface area contributed by atoms with Gasteiger partial charge < -0.3 is 15.5 Å². The molecule has 1 amide bonds. The maximum absolute atomic E-state index is 11.9. The van der Waals surface area contributed by atoms with E-state index in [0.717, 1.165) is 24.8 Å². The normalized spacial score (nSPS) is 23.0. The van der Waals surface area contributed by atoms with Crippen LogP contribution in [0.1, 0.15) is 35.2 Å². The molecule has 0 saturated heterocycles. The van der Waals surface area contributed by atoms with Crippen molar-refractivity contribution in [2.24, 2.45) is 5.92 Å². The number of phenolic OH excluding ortho intramolecular Hbond substituents is 1. The smallest absolute Gasteiger partial charge is 0.251 e. The van der Waals surface area contributed by atoms with Gasteiger partial charge in [0, 0.05) is 12.1 Å². The van der Waals surface area contributed by atoms with Gasteiger partial charge in [0.15, 0.2) is 0 Å². The maximum Gasteiger partial charge on any atom is 0.251 e. The molecular formula is C14H19NO3. The third-order valence-corrected chi connectivity index (χ3v) is 3.54. The van der Waals surface area contributed by atoms with Gasteiger partial charge in [-0.15, -0.1) is 0 Å². The molecule has 1 aromatic carbocycles. The van der Waals surface area contributed by atoms with Gasteiger partial charge in [0.2, 0.25) is 0 Å². The Hall–Kier alpha value is -1.55. The highest BCUT2D eigenvalue weighted by Gasteiger charge is 2.23. The van der Waals surface area contributed by atoms with E-state index in [0.29, 0.717) is 18.0 Å². The Morgan fingerprint density at radius 1 is 1.44 bits per heavy atom. The van der Waals surface area contributed by atoms with E-state index >= 15 is 0 Å². The first kappa shape index (κ1) is 12.9. The van der Waals surface area contributed by atoms with Crippen molar-refractivity contribution in [2.45, 2.75) is 32.3 Å². The molecule has 1 fully saturated rings. The van der Waals surface area contributed by atoms with Crippen LogP contribution in [-0.2, 0) is 0 Å². The molecule has 2 atom stereocenters. The second kappa shape index (κ2) is 5.40. The summed E-state index contributed by atoms with van der Waals surface area (Å²) in [6, 6.07) is 4.91. The van der Waals surface area contributed by atoms with Gasteiger partial charge in [-0.05, 0) is 49.8 Å². The minimum atomic E-state index is -0.213. The summed E-state index contributed by atoms with van der Waals surface area (Å²) in [6.45, 7) is 2.38. The van der Waals surface area contributed by atoms with E-state index in [1.165, 1.54) is 6.07 Å². The van der Waals surface area contributed by atoms with Gasteiger partial charge in [-0.2, -0.15) is 0 Å². The molecule has 4 nitrogen and oxygen atoms in total. The van der Waals surface area contributed by atoms with Crippen LogP contribution < -0.4 is 5.32 Å². The molecule has 4 heteroatoms. The topological polar surface area (TPSA) is 69.6 Å². The minimum absolute atomic E-state index is 0.138. The van der Waals surface area contributed by atoms with Crippen molar-refractivity contribution in [1.82, 2.24) is 5.32 Å². The van der Waals surface area contributed by atoms with Gasteiger partial charge in [-0.25, -0.2) is 0 Å². The number of aromatic hydroxyl groups is 1. The molecule has 0 heterocycles. The van der Waals surface area contributed by atoms with Crippen molar-refractivity contribution >= 4 is 5.91 Å². The van der Waals surface area contributed by atoms with Gasteiger partial charge in [0.1, 0.15) is 5.75 Å². The molecule has 18 heavy (non-hydrogen) atoms. The zero-order valence-electron chi connectivity index (χ0n) is 10.5. The number of aryl methyl sites for hydroxylation is 1. The lowest BCUT2D eigenvalue weighted by Crippen LogP contribution is -2.28. The molecule has 0 bridgehead atoms. The van der Waals surface area contributed by atoms with Crippen LogP contribution in [0.2, 0.25) is 0 Å². The van der Waals surface area contributed by atoms with Crippen LogP contribution in [0.3, 0.4) is 0 Å². The molecule has 1 aromatic rings. The molecule has 0 spiro atoms. The fourth-order valence-corrected chi connectivity index (χ4v) is 2.32. The second-order valence-corrected chi connectivity index (χ2v) is 5.04. The van der Waals surface area contributed by atoms with E-state index in [1.54, 1.807) is 19.1 Å². The number of phenols is 1. The highest BCUT2D eigenvalue weighted by atomic mass is 16.3. The summed E-state index contributed by atoms with van der Waals surface area (Å²) in [5.41, 5.74) is 1.22. The number of aliphatic hydroxyl groups excluding tert-OH is 1. The third kappa shape index (κ3) is 3.01. The summed E-state index contributed by atoms with van der Waals surface area (Å²) in [6.07, 6.45) is 2.33. The Kier molecular flexibility index (Phi) is 3.87. The van der Waals surface area contributed by atoms with Crippen LogP contribution in [0.15, 0.2) is 18.2 Å². The Balaban J connectivity index is 1.89. The Bertz CT molecular complexity index is 445. The first-order valence-corrected chi connectivity index (χ1v) is 6.32. The van der Waals surface area contributed by atoms with Crippen molar-refractivity contribution in [1.29, 1.82) is 0 Å². The largest absolute Gasteiger partial charge is 0.508 e. The number of hydrogen-bond donors (Lipinski definition) is 3. The lowest BCUT2D eigenvalue weighted by Gasteiger charge is -2.11. The average molecular weight is 249 g/mol. The minimum Gasteiger partial charge on any atom is -0.508 e. The number of amides is 1. The van der Waals surface area contributed by atoms with E-state index in [4.69, 9.17) is 0 Å². The lowest BCUT2D eigenvalue weighted by molar-refractivity contribution is 0.0944. The molecule has 0 aliphatic heterocycles. The van der Waals surface area contributed by atoms with Gasteiger partial charge in [-0.3, -0.25) is 4.79 Å². The van der Waals surface area contributed by atoms with Crippen molar-refractivity contribution < 1.29 is 15.0 Å². The Labute approximate surface area is 107 Å². The number of aliphatic hydroxyl groups is 1. The molecule has 1 aliphatic carbocycles. The SMILES string of the molecule is Cc1ccc(C(=O)NCC2CCC(O)C2)cc1O. The molecule has 3 N–H and O–H groups in total. The standard InChI is InChI=1S/C14H19NO3/c1-9-2-4-11(7-13(9)17)14(18)15-8-10-3-5-12(16)6-10/h2,4,7,10,12,16-17H,3,5-6,8H2,1H3,(H,15,18). The van der Waals surface area contributed by atoms with Gasteiger partial charge in [-0.1, -0.05) is 6.07 Å². The van der Waals surface area contributed by atoms with Gasteiger partial charge in [0.05, 0.1) is 6.10 Å². The zero-order valence-corrected chi connectivity index (χ0v) is 10.5. The van der Waals surface area contributed by atoms with Crippen LogP contribution in [0.4, 0.5) is 0 Å². The molecule has 2 unspecified atom stereocenters. The van der Waals surface area contributed by atoms with Crippen LogP contribution in [0.5, 0.6) is 5.75 Å². The van der Waals surface area contributed by atoms with Crippen LogP contribution >= 0.6 is 0 Å². The lowest BCUT2D eigenvalue weighted by atomic mass is 10.1. The van der Waals surface area contributed by atoms with Crippen LogP contribution in [0, 0.1) is 12.8 Å². The molecule has 2 rings (SSSR count). The predicted molar refractivity (Wildman–Crippen MR) is 68.5 cm³/mol. The number of benzene rings is 1. The van der Waals surface area contributed by atoms with Crippen molar-refractivity contribution in [3.05, 3.63) is 29.3 Å². The predicted octanol–water partition coefficient (Wildman–Crippen LogP) is 1.59. The maximum atomic E-state index is 11.9. The van der Waals surface area contributed by atoms with E-state index < -0.39 is 0 Å². The number of rotatable bonds is 3. The summed E-state index contributed by atoms with van der Waals surface area (Å²) in [4.78, 5) is 11.9. The number of hydrogen-bond acceptors (Lipinski definition) is 3. The Morgan fingerprint density at radius 3 is 2.83 bits per heavy atom. The number of nitrogens with one attached hydrogen (secondary N) is 1. The Morgan fingerprint density at radius 2 is 2.22 bits per heavy atom. The quantitative estimate of drug-likeness (QED) is 0.762. The zero-order chi connectivity index (χ0) is 13.1. The summed E-state index contributed by atoms with van der Waals surface area (Å²) in [5.74, 6) is 0.327. The van der Waals surface area contributed by atoms with E-state index in [2.05, 4.69) is 5.32 Å². The summed E-state index contributed by atoms with van der Waals surface area (Å²) in [5, 5.41) is 21.8. The monoisotopic (exact) mass is 249 g/mol. The van der Waals surface area contributed by atoms with Crippen LogP contribution in [-0.4, -0.2) is 28.8 Å². The highest BCUT2D eigenvalue weighted by Crippen LogP contribution is 2.24. The summed E-state index contributed by atoms with van der Waals surface area (Å²) in [7, 11) is 0. The van der Waals surface area contributed by atoms with Gasteiger partial charge >= 0.3 is 0 Å².